The van der Waals surface area contributed by atoms with Crippen LogP contribution in [0.15, 0.2) is 12.3 Å². The second-order valence-corrected chi connectivity index (χ2v) is 4.49. The number of nitro groups is 1. The van der Waals surface area contributed by atoms with Gasteiger partial charge in [-0.2, -0.15) is 0 Å². The molecule has 0 aliphatic carbocycles. The molecule has 1 saturated heterocycles. The number of anilines is 1. The molecule has 1 N–H and O–H groups in total. The Balaban J connectivity index is 2.33. The summed E-state index contributed by atoms with van der Waals surface area (Å²) in [5, 5.41) is 14.5. The molecule has 0 spiro atoms. The fraction of sp³-hybridized carbons (Fsp3) is 0.500. The van der Waals surface area contributed by atoms with E-state index >= 15 is 0 Å². The number of rotatable bonds is 2. The van der Waals surface area contributed by atoms with E-state index in [0.717, 1.165) is 6.54 Å². The summed E-state index contributed by atoms with van der Waals surface area (Å²) in [7, 11) is 0. The number of nitrogens with one attached hydrogen (secondary N) is 1. The van der Waals surface area contributed by atoms with Gasteiger partial charge in [0.25, 0.3) is 0 Å². The van der Waals surface area contributed by atoms with Crippen LogP contribution in [0.2, 0.25) is 5.02 Å². The molecule has 1 atom stereocenters. The fourth-order valence-corrected chi connectivity index (χ4v) is 2.08. The Morgan fingerprint density at radius 2 is 2.47 bits per heavy atom. The third kappa shape index (κ3) is 2.65. The predicted octanol–water partition coefficient (Wildman–Crippen LogP) is 1.44. The van der Waals surface area contributed by atoms with Crippen LogP contribution in [0, 0.1) is 10.1 Å². The molecule has 2 heterocycles. The van der Waals surface area contributed by atoms with Gasteiger partial charge >= 0.3 is 5.69 Å². The lowest BCUT2D eigenvalue weighted by Crippen LogP contribution is -2.49. The molecule has 0 bridgehead atoms. The molecule has 0 amide bonds. The van der Waals surface area contributed by atoms with Gasteiger partial charge < -0.3 is 10.2 Å². The maximum Gasteiger partial charge on any atom is 0.313 e. The normalized spacial score (nSPS) is 20.4. The van der Waals surface area contributed by atoms with E-state index in [1.165, 1.54) is 12.3 Å². The molecule has 1 aliphatic heterocycles. The van der Waals surface area contributed by atoms with Gasteiger partial charge in [-0.3, -0.25) is 10.1 Å². The first-order chi connectivity index (χ1) is 8.08. The monoisotopic (exact) mass is 256 g/mol. The van der Waals surface area contributed by atoms with Crippen LogP contribution < -0.4 is 10.2 Å². The molecule has 6 nitrogen and oxygen atoms in total. The van der Waals surface area contributed by atoms with Crippen LogP contribution >= 0.6 is 11.6 Å². The first-order valence-corrected chi connectivity index (χ1v) is 5.74. The van der Waals surface area contributed by atoms with Gasteiger partial charge in [0, 0.05) is 37.9 Å². The first kappa shape index (κ1) is 12.1. The van der Waals surface area contributed by atoms with Crippen molar-refractivity contribution in [1.82, 2.24) is 10.3 Å². The summed E-state index contributed by atoms with van der Waals surface area (Å²) >= 11 is 5.73. The van der Waals surface area contributed by atoms with Crippen LogP contribution in [-0.4, -0.2) is 35.6 Å². The lowest BCUT2D eigenvalue weighted by atomic mass is 10.2. The van der Waals surface area contributed by atoms with Crippen molar-refractivity contribution < 1.29 is 4.92 Å². The zero-order valence-corrected chi connectivity index (χ0v) is 10.1. The molecule has 2 rings (SSSR count). The van der Waals surface area contributed by atoms with Gasteiger partial charge in [0.2, 0.25) is 5.82 Å². The lowest BCUT2D eigenvalue weighted by molar-refractivity contribution is -0.384. The molecular formula is C10H13ClN4O2. The van der Waals surface area contributed by atoms with Gasteiger partial charge in [0.1, 0.15) is 0 Å². The molecule has 1 unspecified atom stereocenters. The Bertz CT molecular complexity index is 440. The van der Waals surface area contributed by atoms with Crippen molar-refractivity contribution in [1.29, 1.82) is 0 Å². The number of aromatic nitrogens is 1. The molecule has 1 fully saturated rings. The summed E-state index contributed by atoms with van der Waals surface area (Å²) in [6.45, 7) is 4.24. The highest BCUT2D eigenvalue weighted by atomic mass is 35.5. The number of hydrogen-bond acceptors (Lipinski definition) is 5. The minimum absolute atomic E-state index is 0.0356. The van der Waals surface area contributed by atoms with E-state index in [4.69, 9.17) is 11.6 Å². The van der Waals surface area contributed by atoms with Gasteiger partial charge in [0.15, 0.2) is 0 Å². The first-order valence-electron chi connectivity index (χ1n) is 5.36. The third-order valence-corrected chi connectivity index (χ3v) is 2.89. The SMILES string of the molecule is CC1CN(c2ncc(Cl)cc2[N+](=O)[O-])CCN1. The van der Waals surface area contributed by atoms with Crippen molar-refractivity contribution in [2.75, 3.05) is 24.5 Å². The van der Waals surface area contributed by atoms with Crippen molar-refractivity contribution in [2.45, 2.75) is 13.0 Å². The van der Waals surface area contributed by atoms with Crippen molar-refractivity contribution in [3.63, 3.8) is 0 Å². The topological polar surface area (TPSA) is 71.3 Å². The van der Waals surface area contributed by atoms with Crippen molar-refractivity contribution in [3.8, 4) is 0 Å². The van der Waals surface area contributed by atoms with Crippen LogP contribution in [0.25, 0.3) is 0 Å². The summed E-state index contributed by atoms with van der Waals surface area (Å²) < 4.78 is 0. The number of nitrogens with zero attached hydrogens (tertiary/aromatic N) is 3. The van der Waals surface area contributed by atoms with E-state index < -0.39 is 4.92 Å². The molecule has 17 heavy (non-hydrogen) atoms. The van der Waals surface area contributed by atoms with Crippen LogP contribution in [0.3, 0.4) is 0 Å². The average molecular weight is 257 g/mol. The number of pyridine rings is 1. The molecule has 1 aromatic heterocycles. The second kappa shape index (κ2) is 4.85. The maximum atomic E-state index is 11.0. The quantitative estimate of drug-likeness (QED) is 0.640. The van der Waals surface area contributed by atoms with Crippen LogP contribution in [0.5, 0.6) is 0 Å². The summed E-state index contributed by atoms with van der Waals surface area (Å²) in [5.41, 5.74) is -0.0356. The number of hydrogen-bond donors (Lipinski definition) is 1. The maximum absolute atomic E-state index is 11.0. The Kier molecular flexibility index (Phi) is 3.44. The Morgan fingerprint density at radius 1 is 1.71 bits per heavy atom. The Labute approximate surface area is 104 Å². The zero-order chi connectivity index (χ0) is 12.4. The summed E-state index contributed by atoms with van der Waals surface area (Å²) in [6.07, 6.45) is 1.44. The van der Waals surface area contributed by atoms with Gasteiger partial charge in [0.05, 0.1) is 9.95 Å². The molecule has 0 radical (unpaired) electrons. The summed E-state index contributed by atoms with van der Waals surface area (Å²) in [4.78, 5) is 16.5. The molecule has 1 aliphatic rings. The van der Waals surface area contributed by atoms with E-state index in [-0.39, 0.29) is 10.7 Å². The lowest BCUT2D eigenvalue weighted by Gasteiger charge is -2.32. The summed E-state index contributed by atoms with van der Waals surface area (Å²) in [5.74, 6) is 0.396. The van der Waals surface area contributed by atoms with Gasteiger partial charge in [-0.1, -0.05) is 11.6 Å². The molecular weight excluding hydrogens is 244 g/mol. The number of halogens is 1. The standard InChI is InChI=1S/C10H13ClN4O2/c1-7-6-14(3-2-12-7)10-9(15(16)17)4-8(11)5-13-10/h4-5,7,12H,2-3,6H2,1H3. The molecule has 1 aromatic rings. The van der Waals surface area contributed by atoms with Gasteiger partial charge in [-0.05, 0) is 6.92 Å². The fourth-order valence-electron chi connectivity index (χ4n) is 1.92. The van der Waals surface area contributed by atoms with E-state index in [2.05, 4.69) is 10.3 Å². The van der Waals surface area contributed by atoms with E-state index in [1.807, 2.05) is 11.8 Å². The van der Waals surface area contributed by atoms with E-state index in [1.54, 1.807) is 0 Å². The highest BCUT2D eigenvalue weighted by Gasteiger charge is 2.25. The van der Waals surface area contributed by atoms with Crippen molar-refractivity contribution in [3.05, 3.63) is 27.4 Å². The van der Waals surface area contributed by atoms with E-state index in [9.17, 15) is 10.1 Å². The van der Waals surface area contributed by atoms with Crippen LogP contribution in [0.1, 0.15) is 6.92 Å². The van der Waals surface area contributed by atoms with Gasteiger partial charge in [-0.25, -0.2) is 4.98 Å². The van der Waals surface area contributed by atoms with Crippen molar-refractivity contribution in [2.24, 2.45) is 0 Å². The largest absolute Gasteiger partial charge is 0.348 e. The molecule has 0 saturated carbocycles. The third-order valence-electron chi connectivity index (χ3n) is 2.68. The molecule has 92 valence electrons. The second-order valence-electron chi connectivity index (χ2n) is 4.05. The summed E-state index contributed by atoms with van der Waals surface area (Å²) in [6, 6.07) is 1.64. The molecule has 7 heteroatoms. The Hall–Kier alpha value is -1.40. The average Bonchev–Trinajstić information content (AvgIpc) is 2.28. The predicted molar refractivity (Wildman–Crippen MR) is 65.6 cm³/mol. The highest BCUT2D eigenvalue weighted by molar-refractivity contribution is 6.30. The van der Waals surface area contributed by atoms with Crippen molar-refractivity contribution >= 4 is 23.1 Å². The smallest absolute Gasteiger partial charge is 0.313 e. The van der Waals surface area contributed by atoms with Crippen LogP contribution in [0.4, 0.5) is 11.5 Å². The molecule has 0 aromatic carbocycles. The highest BCUT2D eigenvalue weighted by Crippen LogP contribution is 2.28. The number of piperazine rings is 1. The van der Waals surface area contributed by atoms with Gasteiger partial charge in [-0.15, -0.1) is 0 Å². The minimum atomic E-state index is -0.444. The van der Waals surface area contributed by atoms with E-state index in [0.29, 0.717) is 24.9 Å². The Morgan fingerprint density at radius 3 is 3.12 bits per heavy atom. The van der Waals surface area contributed by atoms with Crippen LogP contribution in [-0.2, 0) is 0 Å². The minimum Gasteiger partial charge on any atom is -0.348 e. The zero-order valence-electron chi connectivity index (χ0n) is 9.39.